The topological polar surface area (TPSA) is 40.5 Å². The summed E-state index contributed by atoms with van der Waals surface area (Å²) < 4.78 is 0. The summed E-state index contributed by atoms with van der Waals surface area (Å²) in [5.74, 6) is 1.76. The van der Waals surface area contributed by atoms with Gasteiger partial charge < -0.3 is 10.2 Å². The molecule has 0 saturated carbocycles. The molecule has 37 heavy (non-hydrogen) atoms. The second kappa shape index (κ2) is 17.4. The molecule has 0 aliphatic heterocycles. The number of hydrogen-bond donors (Lipinski definition) is 2. The summed E-state index contributed by atoms with van der Waals surface area (Å²) in [5.41, 5.74) is 11.5. The third-order valence-corrected chi connectivity index (χ3v) is 7.01. The maximum absolute atomic E-state index is 8.94. The molecule has 0 aromatic heterocycles. The third-order valence-electron chi connectivity index (χ3n) is 7.01. The van der Waals surface area contributed by atoms with Crippen LogP contribution < -0.4 is 0 Å². The number of aromatic hydroxyl groups is 2. The van der Waals surface area contributed by atoms with Gasteiger partial charge in [0.2, 0.25) is 0 Å². The minimum Gasteiger partial charge on any atom is -0.508 e. The quantitative estimate of drug-likeness (QED) is 0.371. The van der Waals surface area contributed by atoms with Crippen LogP contribution in [0.25, 0.3) is 0 Å². The zero-order valence-corrected chi connectivity index (χ0v) is 27.2. The monoisotopic (exact) mass is 578 g/mol. The normalized spacial score (nSPS) is 14.1. The second-order valence-corrected chi connectivity index (χ2v) is 10.5. The summed E-state index contributed by atoms with van der Waals surface area (Å²) in [6.07, 6.45) is 6.92. The van der Waals surface area contributed by atoms with Gasteiger partial charge in [-0.2, -0.15) is 0 Å². The smallest absolute Gasteiger partial charge is 0.115 e. The summed E-state index contributed by atoms with van der Waals surface area (Å²) in [4.78, 5) is 0. The minimum atomic E-state index is 0. The zero-order valence-electron chi connectivity index (χ0n) is 24.7. The van der Waals surface area contributed by atoms with Crippen LogP contribution in [0.4, 0.5) is 0 Å². The van der Waals surface area contributed by atoms with Crippen LogP contribution in [0.5, 0.6) is 11.5 Å². The molecule has 0 saturated heterocycles. The Morgan fingerprint density at radius 2 is 0.784 bits per heavy atom. The van der Waals surface area contributed by atoms with Gasteiger partial charge in [-0.05, 0) is 113 Å². The van der Waals surface area contributed by atoms with Crippen LogP contribution in [-0.2, 0) is 26.2 Å². The molecule has 2 aromatic rings. The molecule has 0 heterocycles. The van der Waals surface area contributed by atoms with Gasteiger partial charge in [-0.25, -0.2) is 0 Å². The van der Waals surface area contributed by atoms with Gasteiger partial charge in [0.25, 0.3) is 0 Å². The van der Waals surface area contributed by atoms with Crippen LogP contribution in [0.1, 0.15) is 105 Å². The molecule has 2 aliphatic rings. The molecule has 2 aliphatic carbocycles. The molecule has 0 amide bonds. The third kappa shape index (κ3) is 12.8. The molecule has 2 nitrogen and oxygen atoms in total. The van der Waals surface area contributed by atoms with E-state index < -0.39 is 0 Å². The SMILES string of the molecule is CC(C)c1ccc(O)cc1.CC(C)c1ccc(O)cc1.CC1=CCC(C)=C1C.CC1=CCC(C)=C1C.[Zr]. The maximum atomic E-state index is 8.94. The minimum absolute atomic E-state index is 0. The van der Waals surface area contributed by atoms with E-state index in [9.17, 15) is 0 Å². The van der Waals surface area contributed by atoms with E-state index >= 15 is 0 Å². The number of benzene rings is 2. The van der Waals surface area contributed by atoms with E-state index in [0.29, 0.717) is 23.3 Å². The van der Waals surface area contributed by atoms with Crippen LogP contribution in [0.3, 0.4) is 0 Å². The summed E-state index contributed by atoms with van der Waals surface area (Å²) in [6, 6.07) is 14.6. The van der Waals surface area contributed by atoms with Crippen LogP contribution in [-0.4, -0.2) is 10.2 Å². The van der Waals surface area contributed by atoms with Gasteiger partial charge in [-0.3, -0.25) is 0 Å². The van der Waals surface area contributed by atoms with Gasteiger partial charge in [0.1, 0.15) is 11.5 Å². The Labute approximate surface area is 246 Å². The maximum Gasteiger partial charge on any atom is 0.115 e. The van der Waals surface area contributed by atoms with E-state index in [4.69, 9.17) is 10.2 Å². The average molecular weight is 580 g/mol. The first-order chi connectivity index (χ1) is 16.8. The van der Waals surface area contributed by atoms with Crippen molar-refractivity contribution in [2.75, 3.05) is 0 Å². The predicted molar refractivity (Wildman–Crippen MR) is 158 cm³/mol. The fourth-order valence-corrected chi connectivity index (χ4v) is 3.62. The van der Waals surface area contributed by atoms with Gasteiger partial charge >= 0.3 is 0 Å². The molecule has 2 N–H and O–H groups in total. The van der Waals surface area contributed by atoms with Gasteiger partial charge in [-0.1, -0.05) is 86.4 Å². The van der Waals surface area contributed by atoms with Gasteiger partial charge in [-0.15, -0.1) is 0 Å². The number of hydrogen-bond acceptors (Lipinski definition) is 2. The first-order valence-electron chi connectivity index (χ1n) is 13.1. The average Bonchev–Trinajstić information content (AvgIpc) is 3.30. The van der Waals surface area contributed by atoms with Crippen LogP contribution in [0.2, 0.25) is 0 Å². The van der Waals surface area contributed by atoms with E-state index in [1.807, 2.05) is 24.3 Å². The predicted octanol–water partition coefficient (Wildman–Crippen LogP) is 10.4. The molecule has 4 rings (SSSR count). The Hall–Kier alpha value is -2.12. The molecule has 0 fully saturated rings. The van der Waals surface area contributed by atoms with E-state index in [1.54, 1.807) is 24.3 Å². The molecule has 0 atom stereocenters. The molecular weight excluding hydrogens is 532 g/mol. The summed E-state index contributed by atoms with van der Waals surface area (Å²) in [5, 5.41) is 17.9. The van der Waals surface area contributed by atoms with Crippen molar-refractivity contribution in [2.45, 2.75) is 93.9 Å². The first kappa shape index (κ1) is 34.9. The van der Waals surface area contributed by atoms with Crippen LogP contribution >= 0.6 is 0 Å². The molecule has 3 heteroatoms. The van der Waals surface area contributed by atoms with Gasteiger partial charge in [0, 0.05) is 26.2 Å². The molecule has 0 radical (unpaired) electrons. The molecule has 200 valence electrons. The Morgan fingerprint density at radius 1 is 0.514 bits per heavy atom. The Bertz CT molecular complexity index is 979. The summed E-state index contributed by atoms with van der Waals surface area (Å²) in [7, 11) is 0. The van der Waals surface area contributed by atoms with Crippen molar-refractivity contribution in [3.8, 4) is 11.5 Å². The van der Waals surface area contributed by atoms with Crippen molar-refractivity contribution in [2.24, 2.45) is 0 Å². The van der Waals surface area contributed by atoms with E-state index in [0.717, 1.165) is 0 Å². The molecule has 2 aromatic carbocycles. The Morgan fingerprint density at radius 3 is 0.919 bits per heavy atom. The van der Waals surface area contributed by atoms with E-state index in [-0.39, 0.29) is 26.2 Å². The number of phenols is 2. The van der Waals surface area contributed by atoms with Crippen molar-refractivity contribution in [3.05, 3.63) is 105 Å². The van der Waals surface area contributed by atoms with E-state index in [1.165, 1.54) is 57.4 Å². The molecule has 0 spiro atoms. The van der Waals surface area contributed by atoms with Gasteiger partial charge in [0.05, 0.1) is 0 Å². The number of allylic oxidation sites excluding steroid dienone is 8. The fraction of sp³-hybridized carbons (Fsp3) is 0.412. The van der Waals surface area contributed by atoms with E-state index in [2.05, 4.69) is 81.4 Å². The van der Waals surface area contributed by atoms with Crippen LogP contribution in [0.15, 0.2) is 94.1 Å². The van der Waals surface area contributed by atoms with Crippen molar-refractivity contribution in [1.82, 2.24) is 0 Å². The standard InChI is InChI=1S/2C9H12O.2C8H12.Zr/c2*1-7(2)8-3-5-9(10)6-4-8;2*1-6-4-5-7(2)8(6)3;/h2*3-7,10H,1-2H3;2*4H,5H2,1-3H3;. The molecule has 0 bridgehead atoms. The zero-order chi connectivity index (χ0) is 27.4. The fourth-order valence-electron chi connectivity index (χ4n) is 3.62. The Kier molecular flexibility index (Phi) is 16.4. The number of phenolic OH excluding ortho intramolecular Hbond substituents is 2. The Balaban J connectivity index is 0.000000465. The largest absolute Gasteiger partial charge is 0.508 e. The molecular formula is C34H48O2Zr. The first-order valence-corrected chi connectivity index (χ1v) is 13.1. The second-order valence-electron chi connectivity index (χ2n) is 10.5. The summed E-state index contributed by atoms with van der Waals surface area (Å²) >= 11 is 0. The molecule has 0 unspecified atom stereocenters. The summed E-state index contributed by atoms with van der Waals surface area (Å²) in [6.45, 7) is 21.6. The van der Waals surface area contributed by atoms with Crippen LogP contribution in [0, 0.1) is 0 Å². The van der Waals surface area contributed by atoms with Crippen molar-refractivity contribution in [3.63, 3.8) is 0 Å². The number of rotatable bonds is 2. The van der Waals surface area contributed by atoms with Crippen molar-refractivity contribution < 1.29 is 36.4 Å². The van der Waals surface area contributed by atoms with Crippen molar-refractivity contribution >= 4 is 0 Å². The van der Waals surface area contributed by atoms with Crippen molar-refractivity contribution in [1.29, 1.82) is 0 Å². The van der Waals surface area contributed by atoms with Gasteiger partial charge in [0.15, 0.2) is 0 Å².